The predicted molar refractivity (Wildman–Crippen MR) is 119 cm³/mol. The summed E-state index contributed by atoms with van der Waals surface area (Å²) in [6, 6.07) is 14.8. The molecule has 0 aromatic heterocycles. The molecular weight excluding hydrogens is 432 g/mol. The number of hydrogen-bond acceptors (Lipinski definition) is 4. The van der Waals surface area contributed by atoms with Gasteiger partial charge in [-0.15, -0.1) is 5.73 Å². The Morgan fingerprint density at radius 1 is 1.14 bits per heavy atom. The van der Waals surface area contributed by atoms with Crippen LogP contribution in [-0.4, -0.2) is 28.0 Å². The first-order chi connectivity index (χ1) is 13.9. The maximum atomic E-state index is 10.4. The molecule has 2 rings (SSSR count). The number of aliphatic hydroxyl groups is 2. The Morgan fingerprint density at radius 3 is 2.55 bits per heavy atom. The monoisotopic (exact) mass is 460 g/mol. The quantitative estimate of drug-likeness (QED) is 0.421. The van der Waals surface area contributed by atoms with Crippen molar-refractivity contribution in [1.82, 2.24) is 0 Å². The molecule has 2 aromatic carbocycles. The molecule has 3 N–H and O–H groups in total. The number of aliphatic hydroxyl groups excluding tert-OH is 2. The normalized spacial score (nSPS) is 13.0. The summed E-state index contributed by atoms with van der Waals surface area (Å²) in [5.41, 5.74) is 5.72. The van der Waals surface area contributed by atoms with Crippen molar-refractivity contribution in [3.8, 4) is 5.75 Å². The molecule has 156 valence electrons. The van der Waals surface area contributed by atoms with E-state index >= 15 is 0 Å². The van der Waals surface area contributed by atoms with Crippen LogP contribution in [0.4, 0.5) is 0 Å². The summed E-state index contributed by atoms with van der Waals surface area (Å²) in [5.74, 6) is 0.277. The van der Waals surface area contributed by atoms with E-state index in [0.717, 1.165) is 15.6 Å². The summed E-state index contributed by atoms with van der Waals surface area (Å²) >= 11 is 3.35. The fourth-order valence-electron chi connectivity index (χ4n) is 2.88. The molecule has 0 heterocycles. The highest BCUT2D eigenvalue weighted by molar-refractivity contribution is 9.10. The number of ether oxygens (including phenoxy) is 1. The van der Waals surface area contributed by atoms with E-state index in [9.17, 15) is 15.3 Å². The van der Waals surface area contributed by atoms with E-state index in [0.29, 0.717) is 25.0 Å². The summed E-state index contributed by atoms with van der Waals surface area (Å²) in [5, 5.41) is 30.6. The summed E-state index contributed by atoms with van der Waals surface area (Å²) in [7, 11) is 0. The number of phenols is 1. The second-order valence-corrected chi connectivity index (χ2v) is 8.26. The zero-order valence-electron chi connectivity index (χ0n) is 16.9. The molecule has 5 heteroatoms. The van der Waals surface area contributed by atoms with Crippen LogP contribution in [0.15, 0.2) is 70.4 Å². The van der Waals surface area contributed by atoms with E-state index < -0.39 is 12.2 Å². The number of rotatable bonds is 10. The number of phenolic OH excluding ortho intramolecular Hbond substituents is 1. The Kier molecular flexibility index (Phi) is 9.65. The third-order valence-electron chi connectivity index (χ3n) is 4.55. The second-order valence-electron chi connectivity index (χ2n) is 7.34. The Hall–Kier alpha value is -1.88. The first kappa shape index (κ1) is 23.4. The highest BCUT2D eigenvalue weighted by Gasteiger charge is 2.13. The van der Waals surface area contributed by atoms with Crippen LogP contribution >= 0.6 is 15.9 Å². The molecule has 0 amide bonds. The molecule has 2 atom stereocenters. The van der Waals surface area contributed by atoms with E-state index in [1.165, 1.54) is 0 Å². The van der Waals surface area contributed by atoms with Crippen LogP contribution in [0.25, 0.3) is 0 Å². The van der Waals surface area contributed by atoms with Gasteiger partial charge in [-0.3, -0.25) is 0 Å². The lowest BCUT2D eigenvalue weighted by atomic mass is 9.97. The summed E-state index contributed by atoms with van der Waals surface area (Å²) in [6.45, 7) is 4.81. The standard InChI is InChI=1S/C24H29BrO4/c1-17(2)19(13-21(26)16-29-15-18-7-4-3-5-8-18)9-6-10-23(27)22-14-20(25)11-12-24(22)28/h3-8,11-12,14,17,21,23,26-28H,10,13,15-16H2,1-2H3/t9?,21-,23-/m1/s1. The SMILES string of the molecule is CC(C)C(=C=CC[C@@H](O)c1cc(Br)ccc1O)C[C@@H](O)COCc1ccccc1. The Balaban J connectivity index is 1.91. The van der Waals surface area contributed by atoms with Gasteiger partial charge in [-0.25, -0.2) is 0 Å². The van der Waals surface area contributed by atoms with Gasteiger partial charge in [0.1, 0.15) is 5.75 Å². The minimum Gasteiger partial charge on any atom is -0.508 e. The van der Waals surface area contributed by atoms with Crippen molar-refractivity contribution in [1.29, 1.82) is 0 Å². The Morgan fingerprint density at radius 2 is 1.86 bits per heavy atom. The number of hydrogen-bond donors (Lipinski definition) is 3. The van der Waals surface area contributed by atoms with Gasteiger partial charge >= 0.3 is 0 Å². The minimum atomic E-state index is -0.826. The van der Waals surface area contributed by atoms with Gasteiger partial charge in [-0.05, 0) is 41.3 Å². The van der Waals surface area contributed by atoms with Gasteiger partial charge in [0.05, 0.1) is 25.4 Å². The molecular formula is C24H29BrO4. The van der Waals surface area contributed by atoms with Gasteiger partial charge in [0, 0.05) is 22.9 Å². The molecule has 0 fully saturated rings. The van der Waals surface area contributed by atoms with Gasteiger partial charge in [-0.2, -0.15) is 0 Å². The summed E-state index contributed by atoms with van der Waals surface area (Å²) < 4.78 is 6.41. The molecule has 29 heavy (non-hydrogen) atoms. The third kappa shape index (κ3) is 8.17. The van der Waals surface area contributed by atoms with Gasteiger partial charge in [-0.1, -0.05) is 60.1 Å². The van der Waals surface area contributed by atoms with Crippen LogP contribution < -0.4 is 0 Å². The van der Waals surface area contributed by atoms with E-state index in [4.69, 9.17) is 4.74 Å². The highest BCUT2D eigenvalue weighted by Crippen LogP contribution is 2.29. The van der Waals surface area contributed by atoms with Crippen molar-refractivity contribution < 1.29 is 20.1 Å². The molecule has 0 aliphatic rings. The maximum Gasteiger partial charge on any atom is 0.121 e. The van der Waals surface area contributed by atoms with Gasteiger partial charge in [0.15, 0.2) is 0 Å². The molecule has 4 nitrogen and oxygen atoms in total. The predicted octanol–water partition coefficient (Wildman–Crippen LogP) is 5.28. The fraction of sp³-hybridized carbons (Fsp3) is 0.375. The molecule has 2 aromatic rings. The topological polar surface area (TPSA) is 69.9 Å². The average molecular weight is 461 g/mol. The second kappa shape index (κ2) is 12.0. The maximum absolute atomic E-state index is 10.4. The Labute approximate surface area is 181 Å². The number of halogens is 1. The summed E-state index contributed by atoms with van der Waals surface area (Å²) in [6.07, 6.45) is 1.10. The van der Waals surface area contributed by atoms with Crippen molar-refractivity contribution in [3.05, 3.63) is 81.5 Å². The van der Waals surface area contributed by atoms with Crippen molar-refractivity contribution in [2.45, 2.75) is 45.5 Å². The first-order valence-corrected chi connectivity index (χ1v) is 10.6. The molecule has 0 radical (unpaired) electrons. The van der Waals surface area contributed by atoms with E-state index in [2.05, 4.69) is 21.7 Å². The molecule has 0 bridgehead atoms. The number of aromatic hydroxyl groups is 1. The van der Waals surface area contributed by atoms with Crippen LogP contribution in [-0.2, 0) is 11.3 Å². The van der Waals surface area contributed by atoms with Gasteiger partial charge in [0.2, 0.25) is 0 Å². The molecule has 0 unspecified atom stereocenters. The smallest absolute Gasteiger partial charge is 0.121 e. The average Bonchev–Trinajstić information content (AvgIpc) is 2.69. The zero-order valence-corrected chi connectivity index (χ0v) is 18.5. The van der Waals surface area contributed by atoms with Crippen molar-refractivity contribution in [3.63, 3.8) is 0 Å². The summed E-state index contributed by atoms with van der Waals surface area (Å²) in [4.78, 5) is 0. The third-order valence-corrected chi connectivity index (χ3v) is 5.04. The van der Waals surface area contributed by atoms with Crippen LogP contribution in [0.3, 0.4) is 0 Å². The van der Waals surface area contributed by atoms with Gasteiger partial charge < -0.3 is 20.1 Å². The fourth-order valence-corrected chi connectivity index (χ4v) is 3.26. The highest BCUT2D eigenvalue weighted by atomic mass is 79.9. The largest absolute Gasteiger partial charge is 0.508 e. The molecule has 0 spiro atoms. The molecule has 0 aliphatic carbocycles. The van der Waals surface area contributed by atoms with Crippen LogP contribution in [0.2, 0.25) is 0 Å². The van der Waals surface area contributed by atoms with Crippen LogP contribution in [0.5, 0.6) is 5.75 Å². The lowest BCUT2D eigenvalue weighted by molar-refractivity contribution is 0.0280. The molecule has 0 saturated heterocycles. The van der Waals surface area contributed by atoms with E-state index in [1.54, 1.807) is 24.3 Å². The zero-order chi connectivity index (χ0) is 21.2. The van der Waals surface area contributed by atoms with Crippen molar-refractivity contribution in [2.75, 3.05) is 6.61 Å². The van der Waals surface area contributed by atoms with Crippen molar-refractivity contribution in [2.24, 2.45) is 5.92 Å². The number of benzene rings is 2. The van der Waals surface area contributed by atoms with Crippen molar-refractivity contribution >= 4 is 15.9 Å². The van der Waals surface area contributed by atoms with E-state index in [-0.39, 0.29) is 18.3 Å². The molecule has 0 aliphatic heterocycles. The minimum absolute atomic E-state index is 0.0631. The van der Waals surface area contributed by atoms with Gasteiger partial charge in [0.25, 0.3) is 0 Å². The van der Waals surface area contributed by atoms with E-state index in [1.807, 2.05) is 44.2 Å². The molecule has 0 saturated carbocycles. The first-order valence-electron chi connectivity index (χ1n) is 9.77. The Bertz CT molecular complexity index is 826. The van der Waals surface area contributed by atoms with Crippen LogP contribution in [0.1, 0.15) is 43.9 Å². The lowest BCUT2D eigenvalue weighted by Gasteiger charge is -2.15. The lowest BCUT2D eigenvalue weighted by Crippen LogP contribution is -2.17. The van der Waals surface area contributed by atoms with Crippen LogP contribution in [0, 0.1) is 5.92 Å².